The van der Waals surface area contributed by atoms with Gasteiger partial charge in [-0.15, -0.1) is 0 Å². The average molecular weight is 421 g/mol. The van der Waals surface area contributed by atoms with Crippen LogP contribution in [0.15, 0.2) is 16.6 Å². The van der Waals surface area contributed by atoms with Crippen molar-refractivity contribution in [1.29, 1.82) is 0 Å². The smallest absolute Gasteiger partial charge is 0.192 e. The van der Waals surface area contributed by atoms with E-state index in [1.54, 1.807) is 14.2 Å². The van der Waals surface area contributed by atoms with Crippen LogP contribution in [0.25, 0.3) is 0 Å². The fourth-order valence-electron chi connectivity index (χ4n) is 1.67. The highest BCUT2D eigenvalue weighted by Crippen LogP contribution is 2.39. The van der Waals surface area contributed by atoms with Crippen molar-refractivity contribution >= 4 is 24.2 Å². The summed E-state index contributed by atoms with van der Waals surface area (Å²) in [5.41, 5.74) is 1.02. The largest absolute Gasteiger partial charge is 0.464 e. The van der Waals surface area contributed by atoms with E-state index in [0.717, 1.165) is 10.0 Å². The van der Waals surface area contributed by atoms with Crippen molar-refractivity contribution in [2.45, 2.75) is 45.5 Å². The number of hydrogen-bond donors (Lipinski definition) is 0. The van der Waals surface area contributed by atoms with E-state index in [2.05, 4.69) is 49.8 Å². The third-order valence-electron chi connectivity index (χ3n) is 4.13. The van der Waals surface area contributed by atoms with Gasteiger partial charge in [-0.05, 0) is 51.8 Å². The van der Waals surface area contributed by atoms with E-state index in [-0.39, 0.29) is 18.6 Å². The van der Waals surface area contributed by atoms with E-state index in [4.69, 9.17) is 23.4 Å². The Morgan fingerprint density at radius 2 is 1.58 bits per heavy atom. The van der Waals surface area contributed by atoms with Crippen LogP contribution >= 0.6 is 15.9 Å². The molecule has 0 bridgehead atoms. The van der Waals surface area contributed by atoms with Crippen LogP contribution < -0.4 is 9.47 Å². The Labute approximate surface area is 154 Å². The van der Waals surface area contributed by atoms with Crippen LogP contribution in [0.1, 0.15) is 26.3 Å². The molecule has 0 aromatic heterocycles. The highest BCUT2D eigenvalue weighted by atomic mass is 79.9. The lowest BCUT2D eigenvalue weighted by atomic mass is 10.2. The zero-order valence-electron chi connectivity index (χ0n) is 15.7. The molecule has 0 radical (unpaired) electrons. The lowest BCUT2D eigenvalue weighted by Crippen LogP contribution is -2.40. The average Bonchev–Trinajstić information content (AvgIpc) is 2.48. The third-order valence-corrected chi connectivity index (χ3v) is 9.20. The summed E-state index contributed by atoms with van der Waals surface area (Å²) >= 11 is 3.53. The van der Waals surface area contributed by atoms with Gasteiger partial charge in [0.1, 0.15) is 0 Å². The summed E-state index contributed by atoms with van der Waals surface area (Å²) in [6.45, 7) is 12.0. The number of hydrogen-bond acceptors (Lipinski definition) is 5. The van der Waals surface area contributed by atoms with Crippen LogP contribution in [0.4, 0.5) is 0 Å². The molecule has 0 aliphatic heterocycles. The predicted octanol–water partition coefficient (Wildman–Crippen LogP) is 4.94. The van der Waals surface area contributed by atoms with E-state index in [9.17, 15) is 0 Å². The first-order chi connectivity index (χ1) is 11.1. The Kier molecular flexibility index (Phi) is 8.21. The fraction of sp³-hybridized carbons (Fsp3) is 0.647. The van der Waals surface area contributed by atoms with Crippen molar-refractivity contribution in [3.8, 4) is 11.5 Å². The highest BCUT2D eigenvalue weighted by Gasteiger charge is 2.37. The summed E-state index contributed by atoms with van der Waals surface area (Å²) in [6, 6.07) is 3.90. The fourth-order valence-corrected chi connectivity index (χ4v) is 3.24. The molecule has 24 heavy (non-hydrogen) atoms. The lowest BCUT2D eigenvalue weighted by molar-refractivity contribution is 0.0317. The van der Waals surface area contributed by atoms with Crippen molar-refractivity contribution in [2.24, 2.45) is 0 Å². The Morgan fingerprint density at radius 3 is 2.12 bits per heavy atom. The molecule has 1 rings (SSSR count). The molecule has 0 aliphatic rings. The van der Waals surface area contributed by atoms with Gasteiger partial charge in [-0.25, -0.2) is 0 Å². The number of benzene rings is 1. The molecule has 0 aliphatic carbocycles. The van der Waals surface area contributed by atoms with Crippen molar-refractivity contribution in [3.63, 3.8) is 0 Å². The summed E-state index contributed by atoms with van der Waals surface area (Å²) in [7, 11) is 1.34. The molecule has 138 valence electrons. The summed E-state index contributed by atoms with van der Waals surface area (Å²) in [4.78, 5) is 0. The Balaban J connectivity index is 2.98. The molecule has 0 amide bonds. The predicted molar refractivity (Wildman–Crippen MR) is 101 cm³/mol. The van der Waals surface area contributed by atoms with Gasteiger partial charge in [0.2, 0.25) is 0 Å². The van der Waals surface area contributed by atoms with Crippen molar-refractivity contribution < 1.29 is 23.4 Å². The van der Waals surface area contributed by atoms with E-state index in [1.807, 2.05) is 12.1 Å². The van der Waals surface area contributed by atoms with Gasteiger partial charge in [-0.1, -0.05) is 20.8 Å². The number of methoxy groups -OCH3 is 2. The number of ether oxygens (including phenoxy) is 4. The molecule has 0 heterocycles. The summed E-state index contributed by atoms with van der Waals surface area (Å²) in [5, 5.41) is 0.168. The Morgan fingerprint density at radius 1 is 1.00 bits per heavy atom. The monoisotopic (exact) mass is 420 g/mol. The normalized spacial score (nSPS) is 12.3. The molecule has 1 aromatic carbocycles. The van der Waals surface area contributed by atoms with E-state index in [1.165, 1.54) is 0 Å². The second kappa shape index (κ2) is 9.19. The standard InChI is InChI=1S/C17H29BrO5Si/c1-17(2,3)24(6,7)23-10-13-8-14(18)16(22-12-20-5)15(9-13)21-11-19-4/h8-9H,10-12H2,1-7H3. The molecule has 0 spiro atoms. The lowest BCUT2D eigenvalue weighted by Gasteiger charge is -2.36. The van der Waals surface area contributed by atoms with Gasteiger partial charge in [-0.2, -0.15) is 0 Å². The van der Waals surface area contributed by atoms with Gasteiger partial charge >= 0.3 is 0 Å². The van der Waals surface area contributed by atoms with E-state index in [0.29, 0.717) is 18.1 Å². The van der Waals surface area contributed by atoms with Gasteiger partial charge in [0.05, 0.1) is 11.1 Å². The summed E-state index contributed by atoms with van der Waals surface area (Å²) in [5.74, 6) is 1.18. The van der Waals surface area contributed by atoms with Crippen LogP contribution in [-0.4, -0.2) is 36.1 Å². The SMILES string of the molecule is COCOc1cc(CO[Si](C)(C)C(C)(C)C)cc(Br)c1OCOC. The first-order valence-electron chi connectivity index (χ1n) is 7.82. The van der Waals surface area contributed by atoms with Crippen LogP contribution in [-0.2, 0) is 20.5 Å². The molecule has 0 atom stereocenters. The zero-order chi connectivity index (χ0) is 18.4. The second-order valence-corrected chi connectivity index (χ2v) is 12.7. The van der Waals surface area contributed by atoms with Crippen LogP contribution in [0.5, 0.6) is 11.5 Å². The molecule has 0 N–H and O–H groups in total. The second-order valence-electron chi connectivity index (χ2n) is 7.06. The molecule has 0 saturated carbocycles. The van der Waals surface area contributed by atoms with Crippen molar-refractivity contribution in [3.05, 3.63) is 22.2 Å². The Bertz CT molecular complexity index is 528. The highest BCUT2D eigenvalue weighted by molar-refractivity contribution is 9.10. The topological polar surface area (TPSA) is 46.2 Å². The minimum atomic E-state index is -1.81. The number of halogens is 1. The molecule has 0 fully saturated rings. The minimum absolute atomic E-state index is 0.141. The maximum Gasteiger partial charge on any atom is 0.192 e. The molecular formula is C17H29BrO5Si. The van der Waals surface area contributed by atoms with Gasteiger partial charge in [0.25, 0.3) is 0 Å². The maximum atomic E-state index is 6.28. The minimum Gasteiger partial charge on any atom is -0.464 e. The quantitative estimate of drug-likeness (QED) is 0.418. The molecular weight excluding hydrogens is 392 g/mol. The van der Waals surface area contributed by atoms with Crippen molar-refractivity contribution in [2.75, 3.05) is 27.8 Å². The molecule has 7 heteroatoms. The first kappa shape index (κ1) is 21.4. The maximum absolute atomic E-state index is 6.28. The molecule has 0 saturated heterocycles. The molecule has 0 unspecified atom stereocenters. The van der Waals surface area contributed by atoms with Gasteiger partial charge in [0.15, 0.2) is 33.4 Å². The van der Waals surface area contributed by atoms with E-state index >= 15 is 0 Å². The third kappa shape index (κ3) is 6.04. The van der Waals surface area contributed by atoms with Crippen molar-refractivity contribution in [1.82, 2.24) is 0 Å². The summed E-state index contributed by atoms with van der Waals surface area (Å²) < 4.78 is 28.3. The first-order valence-corrected chi connectivity index (χ1v) is 11.5. The molecule has 5 nitrogen and oxygen atoms in total. The number of rotatable bonds is 9. The van der Waals surface area contributed by atoms with Gasteiger partial charge in [-0.3, -0.25) is 0 Å². The van der Waals surface area contributed by atoms with E-state index < -0.39 is 8.32 Å². The zero-order valence-corrected chi connectivity index (χ0v) is 18.3. The van der Waals surface area contributed by atoms with Crippen LogP contribution in [0, 0.1) is 0 Å². The van der Waals surface area contributed by atoms with Gasteiger partial charge < -0.3 is 23.4 Å². The van der Waals surface area contributed by atoms with Gasteiger partial charge in [0, 0.05) is 14.2 Å². The molecule has 1 aromatic rings. The van der Waals surface area contributed by atoms with Crippen LogP contribution in [0.2, 0.25) is 18.1 Å². The Hall–Kier alpha value is -0.603. The summed E-state index contributed by atoms with van der Waals surface area (Å²) in [6.07, 6.45) is 0. The van der Waals surface area contributed by atoms with Crippen LogP contribution in [0.3, 0.4) is 0 Å².